The first-order valence-corrected chi connectivity index (χ1v) is 17.9. The Bertz CT molecular complexity index is 2040. The van der Waals surface area contributed by atoms with E-state index in [4.69, 9.17) is 42.1 Å². The number of allylic oxidation sites excluding steroid dienone is 1. The largest absolute Gasteiger partial charge is 0.490 e. The Balaban J connectivity index is 1.57. The normalized spacial score (nSPS) is 14.5. The van der Waals surface area contributed by atoms with Crippen LogP contribution in [0.4, 0.5) is 0 Å². The van der Waals surface area contributed by atoms with Crippen molar-refractivity contribution in [2.45, 2.75) is 40.3 Å². The van der Waals surface area contributed by atoms with Crippen LogP contribution in [0.5, 0.6) is 17.2 Å². The molecule has 0 saturated carbocycles. The molecule has 1 aliphatic heterocycles. The lowest BCUT2D eigenvalue weighted by molar-refractivity contribution is -0.139. The van der Waals surface area contributed by atoms with Gasteiger partial charge in [-0.25, -0.2) is 9.79 Å². The van der Waals surface area contributed by atoms with E-state index in [2.05, 4.69) is 36.9 Å². The average molecular weight is 825 g/mol. The van der Waals surface area contributed by atoms with Crippen molar-refractivity contribution in [3.05, 3.63) is 115 Å². The van der Waals surface area contributed by atoms with Gasteiger partial charge in [-0.05, 0) is 113 Å². The average Bonchev–Trinajstić information content (AvgIpc) is 3.31. The molecule has 47 heavy (non-hydrogen) atoms. The van der Waals surface area contributed by atoms with Gasteiger partial charge in [-0.15, -0.1) is 0 Å². The van der Waals surface area contributed by atoms with Crippen molar-refractivity contribution in [2.75, 3.05) is 19.8 Å². The summed E-state index contributed by atoms with van der Waals surface area (Å²) in [6.07, 6.45) is 1.78. The van der Waals surface area contributed by atoms with E-state index in [0.29, 0.717) is 70.0 Å². The molecule has 0 N–H and O–H groups in total. The van der Waals surface area contributed by atoms with E-state index in [1.165, 1.54) is 11.3 Å². The molecule has 0 fully saturated rings. The van der Waals surface area contributed by atoms with Gasteiger partial charge in [0.1, 0.15) is 12.4 Å². The highest BCUT2D eigenvalue weighted by Crippen LogP contribution is 2.38. The number of halogens is 4. The van der Waals surface area contributed by atoms with Gasteiger partial charge < -0.3 is 18.9 Å². The summed E-state index contributed by atoms with van der Waals surface area (Å²) in [4.78, 5) is 32.6. The second kappa shape index (κ2) is 15.4. The lowest BCUT2D eigenvalue weighted by atomic mass is 9.95. The zero-order chi connectivity index (χ0) is 33.8. The third-order valence-electron chi connectivity index (χ3n) is 7.11. The van der Waals surface area contributed by atoms with Gasteiger partial charge in [0, 0.05) is 15.6 Å². The van der Waals surface area contributed by atoms with Crippen LogP contribution in [0.1, 0.15) is 50.4 Å². The van der Waals surface area contributed by atoms with E-state index < -0.39 is 12.0 Å². The number of carbonyl (C=O) groups is 1. The molecule has 246 valence electrons. The number of nitrogens with zero attached hydrogens (tertiary/aromatic N) is 2. The Morgan fingerprint density at radius 3 is 2.32 bits per heavy atom. The number of hydrogen-bond donors (Lipinski definition) is 0. The highest BCUT2D eigenvalue weighted by Gasteiger charge is 2.34. The van der Waals surface area contributed by atoms with Crippen LogP contribution in [0.3, 0.4) is 0 Å². The van der Waals surface area contributed by atoms with Gasteiger partial charge in [0.25, 0.3) is 5.56 Å². The van der Waals surface area contributed by atoms with Crippen molar-refractivity contribution in [1.82, 2.24) is 4.57 Å². The highest BCUT2D eigenvalue weighted by atomic mass is 79.9. The topological polar surface area (TPSA) is 88.4 Å². The summed E-state index contributed by atoms with van der Waals surface area (Å²) in [7, 11) is 0. The van der Waals surface area contributed by atoms with Crippen LogP contribution in [-0.2, 0) is 16.1 Å². The van der Waals surface area contributed by atoms with Crippen LogP contribution < -0.4 is 29.1 Å². The fourth-order valence-corrected chi connectivity index (χ4v) is 8.05. The van der Waals surface area contributed by atoms with Gasteiger partial charge in [-0.2, -0.15) is 0 Å². The lowest BCUT2D eigenvalue weighted by Crippen LogP contribution is -2.40. The summed E-state index contributed by atoms with van der Waals surface area (Å²) in [5, 5.41) is 1.06. The smallest absolute Gasteiger partial charge is 0.338 e. The summed E-state index contributed by atoms with van der Waals surface area (Å²) in [5.74, 6) is 1.12. The van der Waals surface area contributed by atoms with Crippen molar-refractivity contribution >= 4 is 78.4 Å². The molecule has 0 radical (unpaired) electrons. The number of fused-ring (bicyclic) bond motifs is 1. The van der Waals surface area contributed by atoms with Crippen molar-refractivity contribution in [1.29, 1.82) is 0 Å². The minimum absolute atomic E-state index is 0.177. The van der Waals surface area contributed by atoms with E-state index in [0.717, 1.165) is 11.1 Å². The van der Waals surface area contributed by atoms with Gasteiger partial charge in [0.05, 0.1) is 50.6 Å². The summed E-state index contributed by atoms with van der Waals surface area (Å²) >= 11 is 20.8. The number of carbonyl (C=O) groups excluding carboxylic acids is 1. The number of thiazole rings is 1. The molecule has 13 heteroatoms. The molecule has 0 amide bonds. The van der Waals surface area contributed by atoms with Crippen LogP contribution in [-0.4, -0.2) is 30.4 Å². The van der Waals surface area contributed by atoms with Crippen LogP contribution >= 0.6 is 66.4 Å². The van der Waals surface area contributed by atoms with E-state index in [1.807, 2.05) is 38.1 Å². The zero-order valence-corrected chi connectivity index (χ0v) is 31.4. The molecule has 0 spiro atoms. The minimum atomic E-state index is -0.795. The Morgan fingerprint density at radius 2 is 1.66 bits per heavy atom. The van der Waals surface area contributed by atoms with Crippen LogP contribution in [0.25, 0.3) is 6.08 Å². The molecule has 0 bridgehead atoms. The Hall–Kier alpha value is -3.09. The van der Waals surface area contributed by atoms with Crippen molar-refractivity contribution in [3.8, 4) is 17.2 Å². The van der Waals surface area contributed by atoms with Crippen molar-refractivity contribution in [2.24, 2.45) is 4.99 Å². The number of rotatable bonds is 11. The molecule has 1 aromatic heterocycles. The van der Waals surface area contributed by atoms with Gasteiger partial charge in [-0.1, -0.05) is 46.7 Å². The van der Waals surface area contributed by atoms with Crippen LogP contribution in [0.2, 0.25) is 10.0 Å². The molecule has 1 aliphatic rings. The van der Waals surface area contributed by atoms with Crippen LogP contribution in [0.15, 0.2) is 78.5 Å². The lowest BCUT2D eigenvalue weighted by Gasteiger charge is -2.25. The first kappa shape index (κ1) is 35.2. The van der Waals surface area contributed by atoms with Gasteiger partial charge in [-0.3, -0.25) is 9.36 Å². The number of ether oxygens (including phenoxy) is 4. The highest BCUT2D eigenvalue weighted by molar-refractivity contribution is 9.11. The summed E-state index contributed by atoms with van der Waals surface area (Å²) in [6.45, 7) is 8.53. The second-order valence-corrected chi connectivity index (χ2v) is 13.8. The minimum Gasteiger partial charge on any atom is -0.490 e. The Kier molecular flexibility index (Phi) is 11.6. The maximum absolute atomic E-state index is 14.1. The summed E-state index contributed by atoms with van der Waals surface area (Å²) < 4.78 is 26.5. The molecular formula is C34H30Br2Cl2N2O6S. The molecule has 2 heterocycles. The van der Waals surface area contributed by atoms with Crippen LogP contribution in [0, 0.1) is 0 Å². The standard InChI is InChI=1S/C34H30Br2Cl2N2O6S/c1-5-43-26-11-9-20(15-27(26)44-6-2)30-29(33(42)45-7-3)18(4)39-34-40(30)32(41)28(47-34)14-19-12-23(35)31(24(36)13-19)46-17-21-8-10-22(37)16-25(21)38/h8-16,30H,5-7,17H2,1-4H3/b28-14-/t30-/m0/s1. The zero-order valence-electron chi connectivity index (χ0n) is 25.9. The first-order valence-electron chi connectivity index (χ1n) is 14.7. The van der Waals surface area contributed by atoms with Gasteiger partial charge in [0.15, 0.2) is 16.3 Å². The molecule has 5 rings (SSSR count). The van der Waals surface area contributed by atoms with E-state index in [9.17, 15) is 9.59 Å². The van der Waals surface area contributed by atoms with E-state index >= 15 is 0 Å². The van der Waals surface area contributed by atoms with Crippen molar-refractivity contribution < 1.29 is 23.7 Å². The number of esters is 1. The fraction of sp³-hybridized carbons (Fsp3) is 0.265. The molecule has 3 aromatic carbocycles. The third-order valence-corrected chi connectivity index (χ3v) is 9.85. The van der Waals surface area contributed by atoms with Gasteiger partial charge >= 0.3 is 5.97 Å². The maximum Gasteiger partial charge on any atom is 0.338 e. The van der Waals surface area contributed by atoms with Gasteiger partial charge in [0.2, 0.25) is 0 Å². The molecule has 0 saturated heterocycles. The Morgan fingerprint density at radius 1 is 0.957 bits per heavy atom. The number of aromatic nitrogens is 1. The quantitative estimate of drug-likeness (QED) is 0.143. The third kappa shape index (κ3) is 7.65. The first-order chi connectivity index (χ1) is 22.6. The predicted octanol–water partition coefficient (Wildman–Crippen LogP) is 8.01. The SMILES string of the molecule is CCOC(=O)C1=C(C)N=c2s/c(=C\c3cc(Br)c(OCc4ccc(Cl)cc4Cl)c(Br)c3)c(=O)n2[C@H]1c1ccc(OCC)c(OCC)c1. The number of benzene rings is 3. The number of hydrogen-bond acceptors (Lipinski definition) is 8. The fourth-order valence-electron chi connectivity index (χ4n) is 5.09. The molecule has 0 unspecified atom stereocenters. The summed E-state index contributed by atoms with van der Waals surface area (Å²) in [6, 6.07) is 13.6. The van der Waals surface area contributed by atoms with E-state index in [1.54, 1.807) is 48.8 Å². The maximum atomic E-state index is 14.1. The van der Waals surface area contributed by atoms with E-state index in [-0.39, 0.29) is 24.3 Å². The molecule has 4 aromatic rings. The molecule has 8 nitrogen and oxygen atoms in total. The predicted molar refractivity (Wildman–Crippen MR) is 192 cm³/mol. The Labute approximate surface area is 302 Å². The molecule has 0 aliphatic carbocycles. The monoisotopic (exact) mass is 822 g/mol. The van der Waals surface area contributed by atoms with Crippen molar-refractivity contribution in [3.63, 3.8) is 0 Å². The molecular weight excluding hydrogens is 795 g/mol. The molecule has 1 atom stereocenters. The summed E-state index contributed by atoms with van der Waals surface area (Å²) in [5.41, 5.74) is 2.64. The second-order valence-electron chi connectivity index (χ2n) is 10.2.